The summed E-state index contributed by atoms with van der Waals surface area (Å²) in [4.78, 5) is 23.1. The molecule has 1 unspecified atom stereocenters. The van der Waals surface area contributed by atoms with E-state index in [9.17, 15) is 9.59 Å². The number of benzene rings is 1. The molecule has 1 atom stereocenters. The SMILES string of the molecule is COc1ccc(C(=O)NC(C(=O)O)C2CC2)cc1Br. The van der Waals surface area contributed by atoms with Crippen molar-refractivity contribution in [2.45, 2.75) is 18.9 Å². The van der Waals surface area contributed by atoms with E-state index in [0.29, 0.717) is 15.8 Å². The zero-order valence-electron chi connectivity index (χ0n) is 10.4. The van der Waals surface area contributed by atoms with Crippen LogP contribution in [0.4, 0.5) is 0 Å². The van der Waals surface area contributed by atoms with E-state index in [1.54, 1.807) is 18.2 Å². The molecule has 1 amide bonds. The molecule has 0 spiro atoms. The second-order valence-electron chi connectivity index (χ2n) is 4.48. The van der Waals surface area contributed by atoms with Crippen molar-refractivity contribution in [2.24, 2.45) is 5.92 Å². The summed E-state index contributed by atoms with van der Waals surface area (Å²) < 4.78 is 5.73. The molecule has 1 aliphatic rings. The second kappa shape index (κ2) is 5.61. The summed E-state index contributed by atoms with van der Waals surface area (Å²) in [7, 11) is 1.54. The predicted octanol–water partition coefficient (Wildman–Crippen LogP) is 2.05. The Balaban J connectivity index is 2.10. The van der Waals surface area contributed by atoms with Gasteiger partial charge in [-0.15, -0.1) is 0 Å². The van der Waals surface area contributed by atoms with Crippen LogP contribution in [0.3, 0.4) is 0 Å². The van der Waals surface area contributed by atoms with E-state index in [4.69, 9.17) is 9.84 Å². The number of hydrogen-bond acceptors (Lipinski definition) is 3. The molecule has 102 valence electrons. The first-order valence-corrected chi connectivity index (χ1v) is 6.69. The lowest BCUT2D eigenvalue weighted by molar-refractivity contribution is -0.139. The minimum absolute atomic E-state index is 0.0585. The summed E-state index contributed by atoms with van der Waals surface area (Å²) >= 11 is 3.29. The summed E-state index contributed by atoms with van der Waals surface area (Å²) in [5, 5.41) is 11.6. The predicted molar refractivity (Wildman–Crippen MR) is 72.3 cm³/mol. The van der Waals surface area contributed by atoms with E-state index in [2.05, 4.69) is 21.2 Å². The first-order valence-electron chi connectivity index (χ1n) is 5.90. The van der Waals surface area contributed by atoms with Crippen LogP contribution in [-0.2, 0) is 4.79 Å². The number of carbonyl (C=O) groups is 2. The molecule has 1 saturated carbocycles. The van der Waals surface area contributed by atoms with Gasteiger partial charge in [0.1, 0.15) is 11.8 Å². The molecule has 1 aromatic rings. The van der Waals surface area contributed by atoms with Gasteiger partial charge in [-0.3, -0.25) is 4.79 Å². The number of halogens is 1. The van der Waals surface area contributed by atoms with E-state index in [1.807, 2.05) is 0 Å². The van der Waals surface area contributed by atoms with Crippen LogP contribution in [-0.4, -0.2) is 30.1 Å². The lowest BCUT2D eigenvalue weighted by Crippen LogP contribution is -2.42. The van der Waals surface area contributed by atoms with Gasteiger partial charge in [-0.05, 0) is 52.9 Å². The minimum atomic E-state index is -0.983. The van der Waals surface area contributed by atoms with E-state index in [1.165, 1.54) is 7.11 Å². The highest BCUT2D eigenvalue weighted by Crippen LogP contribution is 2.33. The molecule has 0 aliphatic heterocycles. The van der Waals surface area contributed by atoms with Crippen LogP contribution in [0.15, 0.2) is 22.7 Å². The molecule has 0 heterocycles. The number of methoxy groups -OCH3 is 1. The van der Waals surface area contributed by atoms with Crippen molar-refractivity contribution in [1.82, 2.24) is 5.32 Å². The van der Waals surface area contributed by atoms with Gasteiger partial charge in [0.05, 0.1) is 11.6 Å². The van der Waals surface area contributed by atoms with Crippen molar-refractivity contribution in [3.05, 3.63) is 28.2 Å². The maximum atomic E-state index is 12.0. The van der Waals surface area contributed by atoms with Crippen LogP contribution in [0.1, 0.15) is 23.2 Å². The molecule has 2 N–H and O–H groups in total. The molecule has 2 rings (SSSR count). The third-order valence-corrected chi connectivity index (χ3v) is 3.68. The lowest BCUT2D eigenvalue weighted by Gasteiger charge is -2.14. The fourth-order valence-corrected chi connectivity index (χ4v) is 2.38. The number of carboxylic acids is 1. The van der Waals surface area contributed by atoms with Gasteiger partial charge in [-0.25, -0.2) is 4.79 Å². The van der Waals surface area contributed by atoms with Crippen molar-refractivity contribution in [1.29, 1.82) is 0 Å². The van der Waals surface area contributed by atoms with E-state index in [0.717, 1.165) is 12.8 Å². The highest BCUT2D eigenvalue weighted by Gasteiger charge is 2.37. The number of rotatable bonds is 5. The van der Waals surface area contributed by atoms with Gasteiger partial charge in [-0.2, -0.15) is 0 Å². The van der Waals surface area contributed by atoms with Gasteiger partial charge in [0.2, 0.25) is 0 Å². The Kier molecular flexibility index (Phi) is 4.09. The summed E-state index contributed by atoms with van der Waals surface area (Å²) in [6.45, 7) is 0. The second-order valence-corrected chi connectivity index (χ2v) is 5.33. The molecule has 19 heavy (non-hydrogen) atoms. The zero-order valence-corrected chi connectivity index (χ0v) is 11.9. The highest BCUT2D eigenvalue weighted by molar-refractivity contribution is 9.10. The van der Waals surface area contributed by atoms with Crippen LogP contribution in [0.5, 0.6) is 5.75 Å². The van der Waals surface area contributed by atoms with Crippen molar-refractivity contribution >= 4 is 27.8 Å². The third kappa shape index (κ3) is 3.26. The van der Waals surface area contributed by atoms with Gasteiger partial charge < -0.3 is 15.2 Å². The Labute approximate surface area is 119 Å². The highest BCUT2D eigenvalue weighted by atomic mass is 79.9. The lowest BCUT2D eigenvalue weighted by atomic mass is 10.1. The van der Waals surface area contributed by atoms with E-state index in [-0.39, 0.29) is 11.8 Å². The molecular formula is C13H14BrNO4. The number of ether oxygens (including phenoxy) is 1. The maximum Gasteiger partial charge on any atom is 0.326 e. The summed E-state index contributed by atoms with van der Waals surface area (Å²) in [5.74, 6) is -0.692. The smallest absolute Gasteiger partial charge is 0.326 e. The third-order valence-electron chi connectivity index (χ3n) is 3.06. The molecule has 1 aromatic carbocycles. The van der Waals surface area contributed by atoms with Gasteiger partial charge in [0, 0.05) is 5.56 Å². The minimum Gasteiger partial charge on any atom is -0.496 e. The molecule has 6 heteroatoms. The van der Waals surface area contributed by atoms with Crippen molar-refractivity contribution < 1.29 is 19.4 Å². The quantitative estimate of drug-likeness (QED) is 0.867. The number of hydrogen-bond donors (Lipinski definition) is 2. The summed E-state index contributed by atoms with van der Waals surface area (Å²) in [6, 6.07) is 4.07. The van der Waals surface area contributed by atoms with Crippen LogP contribution in [0.25, 0.3) is 0 Å². The topological polar surface area (TPSA) is 75.6 Å². The molecule has 1 aliphatic carbocycles. The van der Waals surface area contributed by atoms with E-state index >= 15 is 0 Å². The number of carbonyl (C=O) groups excluding carboxylic acids is 1. The first kappa shape index (κ1) is 13.9. The number of carboxylic acid groups (broad SMARTS) is 1. The Morgan fingerprint density at radius 3 is 2.63 bits per heavy atom. The summed E-state index contributed by atoms with van der Waals surface area (Å²) in [5.41, 5.74) is 0.402. The van der Waals surface area contributed by atoms with Gasteiger partial charge >= 0.3 is 5.97 Å². The van der Waals surface area contributed by atoms with Crippen LogP contribution < -0.4 is 10.1 Å². The Bertz CT molecular complexity index is 513. The zero-order chi connectivity index (χ0) is 14.0. The monoisotopic (exact) mass is 327 g/mol. The normalized spacial score (nSPS) is 15.7. The average molecular weight is 328 g/mol. The van der Waals surface area contributed by atoms with Gasteiger partial charge in [0.15, 0.2) is 0 Å². The molecule has 1 fully saturated rings. The van der Waals surface area contributed by atoms with Crippen molar-refractivity contribution in [3.8, 4) is 5.75 Å². The number of nitrogens with one attached hydrogen (secondary N) is 1. The fourth-order valence-electron chi connectivity index (χ4n) is 1.84. The molecular weight excluding hydrogens is 314 g/mol. The molecule has 0 saturated heterocycles. The average Bonchev–Trinajstić information content (AvgIpc) is 3.19. The van der Waals surface area contributed by atoms with Crippen molar-refractivity contribution in [2.75, 3.05) is 7.11 Å². The van der Waals surface area contributed by atoms with Crippen LogP contribution in [0.2, 0.25) is 0 Å². The fraction of sp³-hybridized carbons (Fsp3) is 0.385. The van der Waals surface area contributed by atoms with Crippen LogP contribution in [0, 0.1) is 5.92 Å². The number of amides is 1. The Morgan fingerprint density at radius 1 is 1.47 bits per heavy atom. The Hall–Kier alpha value is -1.56. The number of aliphatic carboxylic acids is 1. The summed E-state index contributed by atoms with van der Waals surface area (Å²) in [6.07, 6.45) is 1.70. The molecule has 0 bridgehead atoms. The van der Waals surface area contributed by atoms with Crippen LogP contribution >= 0.6 is 15.9 Å². The maximum absolute atomic E-state index is 12.0. The standard InChI is InChI=1S/C13H14BrNO4/c1-19-10-5-4-8(6-9(10)14)12(16)15-11(13(17)18)7-2-3-7/h4-7,11H,2-3H2,1H3,(H,15,16)(H,17,18). The first-order chi connectivity index (χ1) is 9.02. The molecule has 5 nitrogen and oxygen atoms in total. The molecule has 0 radical (unpaired) electrons. The van der Waals surface area contributed by atoms with Gasteiger partial charge in [0.25, 0.3) is 5.91 Å². The van der Waals surface area contributed by atoms with Crippen molar-refractivity contribution in [3.63, 3.8) is 0 Å². The Morgan fingerprint density at radius 2 is 2.16 bits per heavy atom. The molecule has 0 aromatic heterocycles. The van der Waals surface area contributed by atoms with Gasteiger partial charge in [-0.1, -0.05) is 0 Å². The van der Waals surface area contributed by atoms with E-state index < -0.39 is 12.0 Å². The largest absolute Gasteiger partial charge is 0.496 e.